The fourth-order valence-corrected chi connectivity index (χ4v) is 4.69. The number of thiazole rings is 1. The van der Waals surface area contributed by atoms with E-state index in [9.17, 15) is 0 Å². The van der Waals surface area contributed by atoms with Crippen LogP contribution in [0.15, 0.2) is 0 Å². The molecule has 1 aromatic rings. The molecule has 0 saturated carbocycles. The predicted molar refractivity (Wildman–Crippen MR) is 85.4 cm³/mol. The number of aromatic nitrogens is 1. The summed E-state index contributed by atoms with van der Waals surface area (Å²) < 4.78 is 0. The zero-order chi connectivity index (χ0) is 14.1. The Kier molecular flexibility index (Phi) is 4.29. The molecule has 0 aliphatic carbocycles. The van der Waals surface area contributed by atoms with Crippen LogP contribution < -0.4 is 10.6 Å². The predicted octanol–water partition coefficient (Wildman–Crippen LogP) is 2.23. The van der Waals surface area contributed by atoms with E-state index in [-0.39, 0.29) is 0 Å². The molecule has 4 nitrogen and oxygen atoms in total. The Morgan fingerprint density at radius 2 is 2.20 bits per heavy atom. The summed E-state index contributed by atoms with van der Waals surface area (Å²) in [5.74, 6) is 0. The van der Waals surface area contributed by atoms with Crippen molar-refractivity contribution in [3.63, 3.8) is 0 Å². The van der Waals surface area contributed by atoms with E-state index >= 15 is 0 Å². The molecule has 0 amide bonds. The smallest absolute Gasteiger partial charge is 0.186 e. The van der Waals surface area contributed by atoms with E-state index in [1.807, 2.05) is 0 Å². The molecular formula is C15H26N4S. The van der Waals surface area contributed by atoms with Crippen LogP contribution in [0, 0.1) is 0 Å². The fraction of sp³-hybridized carbons (Fsp3) is 0.800. The molecule has 2 unspecified atom stereocenters. The molecule has 3 rings (SSSR count). The van der Waals surface area contributed by atoms with Gasteiger partial charge in [-0.05, 0) is 32.7 Å². The first kappa shape index (κ1) is 14.3. The van der Waals surface area contributed by atoms with Gasteiger partial charge in [0.15, 0.2) is 5.13 Å². The highest BCUT2D eigenvalue weighted by Gasteiger charge is 2.34. The van der Waals surface area contributed by atoms with Gasteiger partial charge in [0.1, 0.15) is 0 Å². The van der Waals surface area contributed by atoms with Crippen LogP contribution in [0.4, 0.5) is 5.13 Å². The maximum absolute atomic E-state index is 5.85. The lowest BCUT2D eigenvalue weighted by atomic mass is 9.97. The minimum absolute atomic E-state index is 0.561. The molecule has 2 aliphatic heterocycles. The Hall–Kier alpha value is -0.650. The number of piperazine rings is 1. The van der Waals surface area contributed by atoms with Crippen LogP contribution in [0.25, 0.3) is 0 Å². The standard InChI is InChI=1S/C15H26N4S/c1-3-13-14(8-16)20-15(17-13)19-10-12-6-4-5-7-18(12)9-11(19)2/h11-12H,3-10,16H2,1-2H3. The zero-order valence-corrected chi connectivity index (χ0v) is 13.5. The van der Waals surface area contributed by atoms with E-state index < -0.39 is 0 Å². The van der Waals surface area contributed by atoms with Gasteiger partial charge in [-0.3, -0.25) is 4.90 Å². The summed E-state index contributed by atoms with van der Waals surface area (Å²) in [6.07, 6.45) is 5.09. The van der Waals surface area contributed by atoms with Gasteiger partial charge in [0.2, 0.25) is 0 Å². The lowest BCUT2D eigenvalue weighted by Gasteiger charge is -2.47. The Morgan fingerprint density at radius 3 is 2.90 bits per heavy atom. The quantitative estimate of drug-likeness (QED) is 0.928. The first-order valence-electron chi connectivity index (χ1n) is 7.92. The highest BCUT2D eigenvalue weighted by molar-refractivity contribution is 7.15. The van der Waals surface area contributed by atoms with Crippen LogP contribution in [-0.4, -0.2) is 41.6 Å². The summed E-state index contributed by atoms with van der Waals surface area (Å²) in [4.78, 5) is 11.3. The number of rotatable bonds is 3. The number of fused-ring (bicyclic) bond motifs is 1. The number of aryl methyl sites for hydroxylation is 1. The average Bonchev–Trinajstić information content (AvgIpc) is 2.89. The van der Waals surface area contributed by atoms with Gasteiger partial charge in [0.05, 0.1) is 5.69 Å². The number of nitrogens with two attached hydrogens (primary N) is 1. The summed E-state index contributed by atoms with van der Waals surface area (Å²) in [5.41, 5.74) is 7.05. The molecule has 0 spiro atoms. The van der Waals surface area contributed by atoms with Gasteiger partial charge < -0.3 is 10.6 Å². The minimum Gasteiger partial charge on any atom is -0.343 e. The minimum atomic E-state index is 0.561. The Labute approximate surface area is 126 Å². The Bertz CT molecular complexity index is 437. The number of hydrogen-bond donors (Lipinski definition) is 1. The molecule has 0 bridgehead atoms. The lowest BCUT2D eigenvalue weighted by molar-refractivity contribution is 0.115. The topological polar surface area (TPSA) is 45.4 Å². The third kappa shape index (κ3) is 2.59. The number of hydrogen-bond acceptors (Lipinski definition) is 5. The van der Waals surface area contributed by atoms with Gasteiger partial charge in [0, 0.05) is 36.6 Å². The third-order valence-corrected chi connectivity index (χ3v) is 5.88. The zero-order valence-electron chi connectivity index (χ0n) is 12.6. The molecule has 2 saturated heterocycles. The van der Waals surface area contributed by atoms with Crippen LogP contribution in [0.5, 0.6) is 0 Å². The maximum atomic E-state index is 5.85. The molecule has 2 fully saturated rings. The van der Waals surface area contributed by atoms with Gasteiger partial charge in [-0.25, -0.2) is 4.98 Å². The average molecular weight is 294 g/mol. The van der Waals surface area contributed by atoms with Crippen molar-refractivity contribution in [1.29, 1.82) is 0 Å². The Balaban J connectivity index is 1.80. The molecular weight excluding hydrogens is 268 g/mol. The number of nitrogens with zero attached hydrogens (tertiary/aromatic N) is 3. The van der Waals surface area contributed by atoms with E-state index in [0.717, 1.165) is 19.0 Å². The summed E-state index contributed by atoms with van der Waals surface area (Å²) in [6.45, 7) is 8.74. The van der Waals surface area contributed by atoms with Crippen molar-refractivity contribution < 1.29 is 0 Å². The van der Waals surface area contributed by atoms with Gasteiger partial charge >= 0.3 is 0 Å². The van der Waals surface area contributed by atoms with E-state index in [4.69, 9.17) is 10.7 Å². The second-order valence-corrected chi connectivity index (χ2v) is 7.13. The van der Waals surface area contributed by atoms with Crippen LogP contribution in [0.1, 0.15) is 43.7 Å². The molecule has 1 aromatic heterocycles. The van der Waals surface area contributed by atoms with Crippen molar-refractivity contribution in [3.05, 3.63) is 10.6 Å². The molecule has 0 radical (unpaired) electrons. The highest BCUT2D eigenvalue weighted by Crippen LogP contribution is 2.32. The normalized spacial score (nSPS) is 27.6. The van der Waals surface area contributed by atoms with Crippen molar-refractivity contribution >= 4 is 16.5 Å². The largest absolute Gasteiger partial charge is 0.343 e. The number of anilines is 1. The van der Waals surface area contributed by atoms with E-state index in [0.29, 0.717) is 12.6 Å². The molecule has 3 heterocycles. The highest BCUT2D eigenvalue weighted by atomic mass is 32.1. The first-order chi connectivity index (χ1) is 9.72. The van der Waals surface area contributed by atoms with Gasteiger partial charge in [-0.15, -0.1) is 11.3 Å². The lowest BCUT2D eigenvalue weighted by Crippen LogP contribution is -2.58. The van der Waals surface area contributed by atoms with Crippen molar-refractivity contribution in [2.24, 2.45) is 5.73 Å². The summed E-state index contributed by atoms with van der Waals surface area (Å²) in [5, 5.41) is 1.19. The second kappa shape index (κ2) is 6.00. The van der Waals surface area contributed by atoms with Crippen molar-refractivity contribution in [2.45, 2.75) is 58.2 Å². The molecule has 2 aliphatic rings. The Morgan fingerprint density at radius 1 is 1.35 bits per heavy atom. The SMILES string of the molecule is CCc1nc(N2CC3CCCCN3CC2C)sc1CN. The summed E-state index contributed by atoms with van der Waals surface area (Å²) in [6, 6.07) is 1.29. The molecule has 2 atom stereocenters. The third-order valence-electron chi connectivity index (χ3n) is 4.72. The summed E-state index contributed by atoms with van der Waals surface area (Å²) >= 11 is 1.81. The van der Waals surface area contributed by atoms with E-state index in [2.05, 4.69) is 23.6 Å². The van der Waals surface area contributed by atoms with Gasteiger partial charge in [-0.2, -0.15) is 0 Å². The van der Waals surface area contributed by atoms with E-state index in [1.54, 1.807) is 11.3 Å². The molecule has 112 valence electrons. The molecule has 20 heavy (non-hydrogen) atoms. The van der Waals surface area contributed by atoms with Crippen molar-refractivity contribution in [1.82, 2.24) is 9.88 Å². The van der Waals surface area contributed by atoms with Crippen LogP contribution >= 0.6 is 11.3 Å². The van der Waals surface area contributed by atoms with Crippen molar-refractivity contribution in [2.75, 3.05) is 24.5 Å². The molecule has 2 N–H and O–H groups in total. The summed E-state index contributed by atoms with van der Waals surface area (Å²) in [7, 11) is 0. The fourth-order valence-electron chi connectivity index (χ4n) is 3.55. The first-order valence-corrected chi connectivity index (χ1v) is 8.74. The second-order valence-electron chi connectivity index (χ2n) is 6.07. The van der Waals surface area contributed by atoms with Crippen LogP contribution in [0.2, 0.25) is 0 Å². The molecule has 0 aromatic carbocycles. The van der Waals surface area contributed by atoms with Crippen molar-refractivity contribution in [3.8, 4) is 0 Å². The monoisotopic (exact) mass is 294 g/mol. The van der Waals surface area contributed by atoms with Gasteiger partial charge in [0.25, 0.3) is 0 Å². The number of piperidine rings is 1. The van der Waals surface area contributed by atoms with Crippen LogP contribution in [0.3, 0.4) is 0 Å². The van der Waals surface area contributed by atoms with E-state index in [1.165, 1.54) is 48.1 Å². The molecule has 5 heteroatoms. The van der Waals surface area contributed by atoms with Crippen LogP contribution in [-0.2, 0) is 13.0 Å². The van der Waals surface area contributed by atoms with Gasteiger partial charge in [-0.1, -0.05) is 13.3 Å². The maximum Gasteiger partial charge on any atom is 0.186 e.